The van der Waals surface area contributed by atoms with Crippen molar-refractivity contribution in [1.82, 2.24) is 39.9 Å². The zero-order valence-electron chi connectivity index (χ0n) is 24.6. The molecule has 0 spiro atoms. The van der Waals surface area contributed by atoms with Crippen molar-refractivity contribution in [2.24, 2.45) is 5.92 Å². The van der Waals surface area contributed by atoms with Gasteiger partial charge in [-0.05, 0) is 57.6 Å². The Hall–Kier alpha value is -3.75. The van der Waals surface area contributed by atoms with Crippen molar-refractivity contribution in [3.63, 3.8) is 0 Å². The van der Waals surface area contributed by atoms with Gasteiger partial charge >= 0.3 is 6.03 Å². The van der Waals surface area contributed by atoms with E-state index < -0.39 is 49.0 Å². The molecule has 3 amide bonds. The highest BCUT2D eigenvalue weighted by atomic mass is 19.3. The third kappa shape index (κ3) is 6.52. The Balaban J connectivity index is 1.31. The number of aromatic nitrogens is 5. The van der Waals surface area contributed by atoms with Crippen molar-refractivity contribution in [2.75, 3.05) is 19.7 Å². The fourth-order valence-corrected chi connectivity index (χ4v) is 5.95. The van der Waals surface area contributed by atoms with E-state index in [-0.39, 0.29) is 50.4 Å². The molecule has 15 heteroatoms. The van der Waals surface area contributed by atoms with Crippen molar-refractivity contribution in [3.05, 3.63) is 47.7 Å². The number of urea groups is 1. The van der Waals surface area contributed by atoms with E-state index in [1.54, 1.807) is 23.0 Å². The van der Waals surface area contributed by atoms with E-state index in [0.717, 1.165) is 17.7 Å². The third-order valence-corrected chi connectivity index (χ3v) is 8.53. The molecule has 2 N–H and O–H groups in total. The van der Waals surface area contributed by atoms with Crippen LogP contribution in [0, 0.1) is 5.92 Å². The fourth-order valence-electron chi connectivity index (χ4n) is 5.95. The Morgan fingerprint density at radius 2 is 1.89 bits per heavy atom. The number of amides is 3. The van der Waals surface area contributed by atoms with Crippen LogP contribution < -0.4 is 10.6 Å². The standard InChI is InChI=1S/C29H36F4N8O3/c1-17(2)41-22(7-10-35-41)26(42)38-25(18-5-8-28(30,31)9-6-18)21-13-40-24(37-21)11-19(12-36-40)23(14-44-20-3-4-20)39-16-29(32,33)15-34-27(39)43/h7,10-13,17-18,20,23,25H,3-6,8-9,14-16H2,1-2H3,(H,34,43)(H,38,42). The lowest BCUT2D eigenvalue weighted by Gasteiger charge is -2.38. The predicted octanol–water partition coefficient (Wildman–Crippen LogP) is 4.68. The Bertz CT molecular complexity index is 1510. The molecule has 3 aromatic rings. The van der Waals surface area contributed by atoms with Gasteiger partial charge in [-0.2, -0.15) is 10.2 Å². The van der Waals surface area contributed by atoms with Crippen LogP contribution in [0.2, 0.25) is 0 Å². The van der Waals surface area contributed by atoms with Crippen molar-refractivity contribution in [3.8, 4) is 0 Å². The summed E-state index contributed by atoms with van der Waals surface area (Å²) in [6.45, 7) is 2.30. The van der Waals surface area contributed by atoms with Gasteiger partial charge in [-0.25, -0.2) is 31.9 Å². The van der Waals surface area contributed by atoms with E-state index in [0.29, 0.717) is 22.6 Å². The van der Waals surface area contributed by atoms with Gasteiger partial charge in [0.05, 0.1) is 56.0 Å². The minimum absolute atomic E-state index is 0.0120. The lowest BCUT2D eigenvalue weighted by atomic mass is 9.81. The minimum atomic E-state index is -3.11. The van der Waals surface area contributed by atoms with E-state index in [4.69, 9.17) is 9.72 Å². The fraction of sp³-hybridized carbons (Fsp3) is 0.621. The molecule has 44 heavy (non-hydrogen) atoms. The summed E-state index contributed by atoms with van der Waals surface area (Å²) in [7, 11) is 0. The van der Waals surface area contributed by atoms with E-state index in [9.17, 15) is 27.2 Å². The first-order chi connectivity index (χ1) is 20.9. The van der Waals surface area contributed by atoms with Crippen LogP contribution in [0.1, 0.15) is 92.2 Å². The molecule has 3 aliphatic rings. The third-order valence-electron chi connectivity index (χ3n) is 8.53. The average Bonchev–Trinajstić information content (AvgIpc) is 3.48. The number of hydrogen-bond acceptors (Lipinski definition) is 6. The molecule has 6 rings (SSSR count). The van der Waals surface area contributed by atoms with Crippen LogP contribution in [0.3, 0.4) is 0 Å². The topological polar surface area (TPSA) is 119 Å². The number of ether oxygens (including phenoxy) is 1. The lowest BCUT2D eigenvalue weighted by Crippen LogP contribution is -2.58. The van der Waals surface area contributed by atoms with Gasteiger partial charge in [-0.1, -0.05) is 0 Å². The molecule has 11 nitrogen and oxygen atoms in total. The van der Waals surface area contributed by atoms with Crippen LogP contribution in [0.15, 0.2) is 30.7 Å². The molecule has 0 aromatic carbocycles. The summed E-state index contributed by atoms with van der Waals surface area (Å²) in [5.74, 6) is -6.58. The maximum Gasteiger partial charge on any atom is 0.318 e. The van der Waals surface area contributed by atoms with E-state index in [2.05, 4.69) is 20.8 Å². The normalized spacial score (nSPS) is 21.8. The molecule has 3 aromatic heterocycles. The summed E-state index contributed by atoms with van der Waals surface area (Å²) >= 11 is 0. The summed E-state index contributed by atoms with van der Waals surface area (Å²) in [6.07, 6.45) is 6.19. The first-order valence-electron chi connectivity index (χ1n) is 15.0. The van der Waals surface area contributed by atoms with Crippen LogP contribution >= 0.6 is 0 Å². The van der Waals surface area contributed by atoms with Crippen molar-refractivity contribution >= 4 is 17.6 Å². The highest BCUT2D eigenvalue weighted by Crippen LogP contribution is 2.41. The largest absolute Gasteiger partial charge is 0.376 e. The van der Waals surface area contributed by atoms with Crippen molar-refractivity contribution in [1.29, 1.82) is 0 Å². The second-order valence-corrected chi connectivity index (χ2v) is 12.3. The van der Waals surface area contributed by atoms with Crippen LogP contribution in [0.4, 0.5) is 22.4 Å². The van der Waals surface area contributed by atoms with Gasteiger partial charge in [0.15, 0.2) is 5.65 Å². The van der Waals surface area contributed by atoms with Gasteiger partial charge in [0.2, 0.25) is 5.92 Å². The summed E-state index contributed by atoms with van der Waals surface area (Å²) < 4.78 is 65.8. The number of carbonyl (C=O) groups excluding carboxylic acids is 2. The molecule has 2 atom stereocenters. The Morgan fingerprint density at radius 1 is 1.14 bits per heavy atom. The van der Waals surface area contributed by atoms with E-state index in [1.165, 1.54) is 16.9 Å². The maximum absolute atomic E-state index is 14.3. The highest BCUT2D eigenvalue weighted by molar-refractivity contribution is 5.92. The zero-order chi connectivity index (χ0) is 31.2. The Morgan fingerprint density at radius 3 is 2.59 bits per heavy atom. The smallest absolute Gasteiger partial charge is 0.318 e. The van der Waals surface area contributed by atoms with Gasteiger partial charge in [-0.3, -0.25) is 9.48 Å². The maximum atomic E-state index is 14.3. The SMILES string of the molecule is CC(C)n1nccc1C(=O)NC(c1cn2ncc(C(COC3CC3)N3CC(F)(F)CNC3=O)cc2n1)C1CCC(F)(F)CC1. The summed E-state index contributed by atoms with van der Waals surface area (Å²) in [5, 5.41) is 13.9. The molecule has 2 saturated carbocycles. The number of fused-ring (bicyclic) bond motifs is 1. The first kappa shape index (κ1) is 30.3. The van der Waals surface area contributed by atoms with Gasteiger partial charge in [0.1, 0.15) is 5.69 Å². The quantitative estimate of drug-likeness (QED) is 0.318. The number of nitrogens with zero attached hydrogens (tertiary/aromatic N) is 6. The first-order valence-corrected chi connectivity index (χ1v) is 15.0. The van der Waals surface area contributed by atoms with Crippen molar-refractivity contribution in [2.45, 2.75) is 88.4 Å². The van der Waals surface area contributed by atoms with E-state index >= 15 is 0 Å². The molecule has 1 aliphatic heterocycles. The molecule has 238 valence electrons. The second-order valence-electron chi connectivity index (χ2n) is 12.3. The van der Waals surface area contributed by atoms with Crippen LogP contribution in [0.5, 0.6) is 0 Å². The molecular formula is C29H36F4N8O3. The van der Waals surface area contributed by atoms with Gasteiger partial charge in [0, 0.05) is 30.6 Å². The number of nitrogens with one attached hydrogen (secondary N) is 2. The van der Waals surface area contributed by atoms with Gasteiger partial charge in [-0.15, -0.1) is 0 Å². The molecule has 2 unspecified atom stereocenters. The number of alkyl halides is 4. The number of imidazole rings is 1. The van der Waals surface area contributed by atoms with Crippen LogP contribution in [-0.4, -0.2) is 78.9 Å². The zero-order valence-corrected chi connectivity index (χ0v) is 24.6. The van der Waals surface area contributed by atoms with Crippen LogP contribution in [0.25, 0.3) is 5.65 Å². The Kier molecular flexibility index (Phi) is 8.01. The van der Waals surface area contributed by atoms with Gasteiger partial charge in [0.25, 0.3) is 11.8 Å². The summed E-state index contributed by atoms with van der Waals surface area (Å²) in [6, 6.07) is 1.02. The molecular weight excluding hydrogens is 584 g/mol. The van der Waals surface area contributed by atoms with Gasteiger partial charge < -0.3 is 20.3 Å². The lowest BCUT2D eigenvalue weighted by molar-refractivity contribution is -0.0542. The molecule has 1 saturated heterocycles. The number of hydrogen-bond donors (Lipinski definition) is 2. The summed E-state index contributed by atoms with van der Waals surface area (Å²) in [4.78, 5) is 31.9. The molecule has 0 radical (unpaired) electrons. The van der Waals surface area contributed by atoms with E-state index in [1.807, 2.05) is 13.8 Å². The monoisotopic (exact) mass is 620 g/mol. The summed E-state index contributed by atoms with van der Waals surface area (Å²) in [5.41, 5.74) is 1.58. The molecule has 0 bridgehead atoms. The number of halogens is 4. The predicted molar refractivity (Wildman–Crippen MR) is 149 cm³/mol. The van der Waals surface area contributed by atoms with Crippen molar-refractivity contribution < 1.29 is 31.9 Å². The minimum Gasteiger partial charge on any atom is -0.376 e. The van der Waals surface area contributed by atoms with Crippen LogP contribution in [-0.2, 0) is 4.74 Å². The Labute approximate surface area is 251 Å². The average molecular weight is 621 g/mol. The number of carbonyl (C=O) groups is 2. The number of rotatable bonds is 10. The molecule has 3 fully saturated rings. The second kappa shape index (κ2) is 11.6. The highest BCUT2D eigenvalue weighted by Gasteiger charge is 2.43. The molecule has 2 aliphatic carbocycles. The molecule has 4 heterocycles.